The predicted molar refractivity (Wildman–Crippen MR) is 33.7 cm³/mol. The molecule has 0 aromatic carbocycles. The molecule has 0 saturated heterocycles. The van der Waals surface area contributed by atoms with E-state index < -0.39 is 5.97 Å². The summed E-state index contributed by atoms with van der Waals surface area (Å²) in [5, 5.41) is 7.71. The monoisotopic (exact) mass is 226 g/mol. The van der Waals surface area contributed by atoms with Gasteiger partial charge in [0.2, 0.25) is 0 Å². The molecule has 0 unspecified atom stereocenters. The van der Waals surface area contributed by atoms with Crippen LogP contribution in [0.3, 0.4) is 0 Å². The van der Waals surface area contributed by atoms with Gasteiger partial charge in [-0.05, 0) is 0 Å². The van der Waals surface area contributed by atoms with Crippen LogP contribution in [0.1, 0.15) is 0 Å². The zero-order chi connectivity index (χ0) is 4.28. The number of aliphatic carboxylic acids is 1. The van der Waals surface area contributed by atoms with E-state index in [0.717, 1.165) is 0 Å². The average molecular weight is 226 g/mol. The first-order chi connectivity index (χ1) is 2.27. The fraction of sp³-hybridized carbons (Fsp3) is 0.500. The Kier molecular flexibility index (Phi) is 12.3. The van der Waals surface area contributed by atoms with Crippen molar-refractivity contribution >= 4 is 79.9 Å². The number of carboxylic acid groups (broad SMARTS) is 1. The van der Waals surface area contributed by atoms with Gasteiger partial charge in [0.1, 0.15) is 0 Å². The van der Waals surface area contributed by atoms with Crippen LogP contribution in [0.2, 0.25) is 0 Å². The molecule has 0 spiro atoms. The van der Waals surface area contributed by atoms with Crippen molar-refractivity contribution in [2.75, 3.05) is 4.43 Å². The van der Waals surface area contributed by atoms with Gasteiger partial charge < -0.3 is 5.11 Å². The fourth-order valence-corrected chi connectivity index (χ4v) is 0. The second-order valence-corrected chi connectivity index (χ2v) is 1.29. The normalized spacial score (nSPS) is 6.17. The van der Waals surface area contributed by atoms with Gasteiger partial charge in [0.25, 0.3) is 0 Å². The molecule has 0 radical (unpaired) electrons. The van der Waals surface area contributed by atoms with Crippen LogP contribution < -0.4 is 0 Å². The summed E-state index contributed by atoms with van der Waals surface area (Å²) >= 11 is 1.78. The Morgan fingerprint density at radius 3 is 2.00 bits per heavy atom. The molecular formula is C2H4IKO2. The number of carbonyl (C=O) groups is 1. The predicted octanol–water partition coefficient (Wildman–Crippen LogP) is -0.142. The molecule has 0 aliphatic heterocycles. The van der Waals surface area contributed by atoms with Crippen LogP contribution in [0, 0.1) is 0 Å². The van der Waals surface area contributed by atoms with Gasteiger partial charge >= 0.3 is 57.4 Å². The zero-order valence-electron chi connectivity index (χ0n) is 2.44. The van der Waals surface area contributed by atoms with Crippen LogP contribution in [0.4, 0.5) is 0 Å². The molecule has 0 saturated carbocycles. The molecule has 6 heavy (non-hydrogen) atoms. The fourth-order valence-electron chi connectivity index (χ4n) is 0. The third-order valence-corrected chi connectivity index (χ3v) is 0.767. The quantitative estimate of drug-likeness (QED) is 0.384. The minimum atomic E-state index is -0.759. The molecule has 0 aromatic heterocycles. The maximum absolute atomic E-state index is 9.36. The number of hydrogen-bond acceptors (Lipinski definition) is 1. The van der Waals surface area contributed by atoms with Crippen LogP contribution in [0.5, 0.6) is 0 Å². The number of alkyl halides is 1. The Morgan fingerprint density at radius 2 is 2.00 bits per heavy atom. The summed E-state index contributed by atoms with van der Waals surface area (Å²) in [7, 11) is 0. The number of rotatable bonds is 1. The first-order valence-corrected chi connectivity index (χ1v) is 2.57. The molecule has 4 heteroatoms. The topological polar surface area (TPSA) is 37.3 Å². The first-order valence-electron chi connectivity index (χ1n) is 1.05. The van der Waals surface area contributed by atoms with Crippen molar-refractivity contribution in [1.29, 1.82) is 0 Å². The summed E-state index contributed by atoms with van der Waals surface area (Å²) < 4.78 is 0.192. The second kappa shape index (κ2) is 6.84. The Hall–Kier alpha value is 1.84. The van der Waals surface area contributed by atoms with Crippen molar-refractivity contribution in [3.05, 3.63) is 0 Å². The van der Waals surface area contributed by atoms with Crippen molar-refractivity contribution in [2.24, 2.45) is 0 Å². The standard InChI is InChI=1S/C2H3IO2.K.H/c3-1-2(4)5;;/h1H2,(H,4,5);;. The second-order valence-electron chi connectivity index (χ2n) is 0.527. The van der Waals surface area contributed by atoms with E-state index in [1.165, 1.54) is 0 Å². The molecular weight excluding hydrogens is 222 g/mol. The first kappa shape index (κ1) is 10.8. The maximum atomic E-state index is 9.36. The van der Waals surface area contributed by atoms with E-state index in [1.54, 1.807) is 22.6 Å². The summed E-state index contributed by atoms with van der Waals surface area (Å²) in [6.07, 6.45) is 0. The molecule has 0 aliphatic rings. The number of halogens is 1. The van der Waals surface area contributed by atoms with Crippen molar-refractivity contribution < 1.29 is 9.90 Å². The van der Waals surface area contributed by atoms with Gasteiger partial charge in [-0.3, -0.25) is 4.79 Å². The van der Waals surface area contributed by atoms with Gasteiger partial charge in [-0.1, -0.05) is 22.6 Å². The van der Waals surface area contributed by atoms with Crippen LogP contribution in [-0.4, -0.2) is 66.9 Å². The number of carboxylic acids is 1. The summed E-state index contributed by atoms with van der Waals surface area (Å²) in [6, 6.07) is 0. The molecule has 0 aliphatic carbocycles. The van der Waals surface area contributed by atoms with Crippen LogP contribution in [0.25, 0.3) is 0 Å². The summed E-state index contributed by atoms with van der Waals surface area (Å²) in [5.41, 5.74) is 0. The van der Waals surface area contributed by atoms with Gasteiger partial charge in [-0.15, -0.1) is 0 Å². The Balaban J connectivity index is 0. The van der Waals surface area contributed by atoms with Gasteiger partial charge in [0.05, 0.1) is 4.43 Å². The van der Waals surface area contributed by atoms with E-state index >= 15 is 0 Å². The van der Waals surface area contributed by atoms with Gasteiger partial charge in [-0.2, -0.15) is 0 Å². The Labute approximate surface area is 92.2 Å². The van der Waals surface area contributed by atoms with E-state index in [-0.39, 0.29) is 55.8 Å². The van der Waals surface area contributed by atoms with Gasteiger partial charge in [-0.25, -0.2) is 0 Å². The molecule has 32 valence electrons. The molecule has 0 heterocycles. The van der Waals surface area contributed by atoms with Gasteiger partial charge in [0.15, 0.2) is 0 Å². The van der Waals surface area contributed by atoms with E-state index in [1.807, 2.05) is 0 Å². The molecule has 0 bridgehead atoms. The molecule has 0 aromatic rings. The van der Waals surface area contributed by atoms with Crippen molar-refractivity contribution in [2.45, 2.75) is 0 Å². The van der Waals surface area contributed by atoms with E-state index in [4.69, 9.17) is 5.11 Å². The molecule has 0 amide bonds. The molecule has 0 fully saturated rings. The van der Waals surface area contributed by atoms with Crippen molar-refractivity contribution in [3.63, 3.8) is 0 Å². The third kappa shape index (κ3) is 9.28. The summed E-state index contributed by atoms with van der Waals surface area (Å²) in [5.74, 6) is -0.759. The van der Waals surface area contributed by atoms with E-state index in [2.05, 4.69) is 0 Å². The number of hydrogen-bond donors (Lipinski definition) is 1. The van der Waals surface area contributed by atoms with Gasteiger partial charge in [0, 0.05) is 0 Å². The van der Waals surface area contributed by atoms with Crippen LogP contribution >= 0.6 is 22.6 Å². The summed E-state index contributed by atoms with van der Waals surface area (Å²) in [4.78, 5) is 9.36. The minimum absolute atomic E-state index is 0. The third-order valence-electron chi connectivity index (χ3n) is 0.114. The molecule has 1 N–H and O–H groups in total. The zero-order valence-corrected chi connectivity index (χ0v) is 4.60. The summed E-state index contributed by atoms with van der Waals surface area (Å²) in [6.45, 7) is 0. The van der Waals surface area contributed by atoms with E-state index in [0.29, 0.717) is 0 Å². The Bertz CT molecular complexity index is 46.8. The SMILES string of the molecule is O=C(O)CI.[KH]. The Morgan fingerprint density at radius 1 is 1.83 bits per heavy atom. The van der Waals surface area contributed by atoms with E-state index in [9.17, 15) is 4.79 Å². The molecule has 0 atom stereocenters. The van der Waals surface area contributed by atoms with Crippen molar-refractivity contribution in [3.8, 4) is 0 Å². The van der Waals surface area contributed by atoms with Crippen molar-refractivity contribution in [1.82, 2.24) is 0 Å². The average Bonchev–Trinajstić information content (AvgIpc) is 1.38. The molecule has 2 nitrogen and oxygen atoms in total. The molecule has 0 rings (SSSR count). The van der Waals surface area contributed by atoms with Crippen LogP contribution in [-0.2, 0) is 4.79 Å². The van der Waals surface area contributed by atoms with Crippen LogP contribution in [0.15, 0.2) is 0 Å².